The normalized spacial score (nSPS) is 20.9. The molecule has 0 aliphatic carbocycles. The highest BCUT2D eigenvalue weighted by Gasteiger charge is 2.32. The molecular formula is C23H31N5O2. The first-order valence-electron chi connectivity index (χ1n) is 10.8. The molecule has 2 saturated heterocycles. The van der Waals surface area contributed by atoms with Gasteiger partial charge in [-0.1, -0.05) is 12.1 Å². The molecule has 1 aromatic heterocycles. The highest BCUT2D eigenvalue weighted by atomic mass is 16.5. The number of rotatable bonds is 4. The van der Waals surface area contributed by atoms with E-state index in [0.29, 0.717) is 12.5 Å². The van der Waals surface area contributed by atoms with Crippen LogP contribution in [0.4, 0.5) is 5.95 Å². The Bertz CT molecular complexity index is 878. The molecule has 1 atom stereocenters. The van der Waals surface area contributed by atoms with E-state index in [1.807, 2.05) is 24.3 Å². The fourth-order valence-electron chi connectivity index (χ4n) is 4.63. The van der Waals surface area contributed by atoms with Crippen LogP contribution in [0.25, 0.3) is 11.1 Å². The number of anilines is 1. The first-order chi connectivity index (χ1) is 14.5. The molecule has 2 aliphatic heterocycles. The highest BCUT2D eigenvalue weighted by molar-refractivity contribution is 5.79. The molecule has 2 N–H and O–H groups in total. The van der Waals surface area contributed by atoms with Gasteiger partial charge in [0, 0.05) is 36.7 Å². The number of hydrogen-bond donors (Lipinski definition) is 1. The van der Waals surface area contributed by atoms with Gasteiger partial charge in [0.1, 0.15) is 5.75 Å². The molecule has 160 valence electrons. The number of piperidine rings is 2. The van der Waals surface area contributed by atoms with Crippen LogP contribution in [-0.4, -0.2) is 66.0 Å². The van der Waals surface area contributed by atoms with Crippen molar-refractivity contribution < 1.29 is 9.53 Å². The number of aromatic nitrogens is 2. The molecular weight excluding hydrogens is 378 g/mol. The van der Waals surface area contributed by atoms with Crippen molar-refractivity contribution in [3.8, 4) is 16.9 Å². The zero-order valence-electron chi connectivity index (χ0n) is 17.9. The largest absolute Gasteiger partial charge is 0.497 e. The number of nitrogens with zero attached hydrogens (tertiary/aromatic N) is 4. The molecule has 0 radical (unpaired) electrons. The summed E-state index contributed by atoms with van der Waals surface area (Å²) in [6.45, 7) is 3.53. The van der Waals surface area contributed by atoms with E-state index in [1.54, 1.807) is 13.3 Å². The van der Waals surface area contributed by atoms with E-state index in [0.717, 1.165) is 67.9 Å². The Morgan fingerprint density at radius 1 is 1.13 bits per heavy atom. The van der Waals surface area contributed by atoms with Crippen molar-refractivity contribution >= 4 is 11.9 Å². The van der Waals surface area contributed by atoms with Gasteiger partial charge < -0.3 is 20.3 Å². The summed E-state index contributed by atoms with van der Waals surface area (Å²) >= 11 is 0. The Hall–Kier alpha value is -2.67. The number of methoxy groups -OCH3 is 1. The van der Waals surface area contributed by atoms with Crippen LogP contribution in [0.1, 0.15) is 37.3 Å². The Labute approximate surface area is 178 Å². The molecule has 7 nitrogen and oxygen atoms in total. The number of ether oxygens (including phenoxy) is 1. The first kappa shape index (κ1) is 20.6. The first-order valence-corrected chi connectivity index (χ1v) is 10.8. The third-order valence-corrected chi connectivity index (χ3v) is 6.43. The van der Waals surface area contributed by atoms with Crippen LogP contribution in [0, 0.1) is 5.92 Å². The summed E-state index contributed by atoms with van der Waals surface area (Å²) in [5.41, 5.74) is 8.90. The fourth-order valence-corrected chi connectivity index (χ4v) is 4.63. The second kappa shape index (κ2) is 9.00. The van der Waals surface area contributed by atoms with Crippen LogP contribution in [0.3, 0.4) is 0 Å². The maximum absolute atomic E-state index is 13.2. The number of benzene rings is 1. The standard InChI is InChI=1S/C23H31N5O2/c1-27-12-9-17(10-13-27)22(29)28-11-3-4-18(15-28)21-20(14-25-23(24)26-21)16-5-7-19(30-2)8-6-16/h5-8,14,17-18H,3-4,9-13,15H2,1-2H3,(H2,24,25,26)/t18-/m0/s1. The number of carbonyl (C=O) groups excluding carboxylic acids is 1. The Morgan fingerprint density at radius 2 is 1.87 bits per heavy atom. The van der Waals surface area contributed by atoms with E-state index in [4.69, 9.17) is 10.5 Å². The Morgan fingerprint density at radius 3 is 2.57 bits per heavy atom. The van der Waals surface area contributed by atoms with Crippen molar-refractivity contribution in [2.75, 3.05) is 46.1 Å². The highest BCUT2D eigenvalue weighted by Crippen LogP contribution is 2.34. The minimum atomic E-state index is 0.150. The summed E-state index contributed by atoms with van der Waals surface area (Å²) in [6.07, 6.45) is 5.69. The lowest BCUT2D eigenvalue weighted by atomic mass is 9.88. The Kier molecular flexibility index (Phi) is 6.18. The van der Waals surface area contributed by atoms with Crippen molar-refractivity contribution in [1.82, 2.24) is 19.8 Å². The van der Waals surface area contributed by atoms with Gasteiger partial charge in [-0.15, -0.1) is 0 Å². The average Bonchev–Trinajstić information content (AvgIpc) is 2.79. The number of likely N-dealkylation sites (tertiary alicyclic amines) is 2. The minimum absolute atomic E-state index is 0.150. The van der Waals surface area contributed by atoms with E-state index in [2.05, 4.69) is 26.8 Å². The molecule has 3 heterocycles. The zero-order valence-corrected chi connectivity index (χ0v) is 17.9. The lowest BCUT2D eigenvalue weighted by Crippen LogP contribution is -2.45. The molecule has 1 amide bonds. The molecule has 0 spiro atoms. The third kappa shape index (κ3) is 4.41. The van der Waals surface area contributed by atoms with Crippen molar-refractivity contribution in [2.24, 2.45) is 5.92 Å². The van der Waals surface area contributed by atoms with Gasteiger partial charge in [-0.25, -0.2) is 9.97 Å². The summed E-state index contributed by atoms with van der Waals surface area (Å²) in [6, 6.07) is 7.90. The predicted molar refractivity (Wildman–Crippen MR) is 117 cm³/mol. The second-order valence-electron chi connectivity index (χ2n) is 8.46. The average molecular weight is 410 g/mol. The number of nitrogen functional groups attached to an aromatic ring is 1. The number of hydrogen-bond acceptors (Lipinski definition) is 6. The van der Waals surface area contributed by atoms with Crippen molar-refractivity contribution in [3.05, 3.63) is 36.2 Å². The minimum Gasteiger partial charge on any atom is -0.497 e. The smallest absolute Gasteiger partial charge is 0.225 e. The quantitative estimate of drug-likeness (QED) is 0.836. The van der Waals surface area contributed by atoms with Crippen LogP contribution in [-0.2, 0) is 4.79 Å². The van der Waals surface area contributed by atoms with Crippen LogP contribution < -0.4 is 10.5 Å². The summed E-state index contributed by atoms with van der Waals surface area (Å²) in [5, 5.41) is 0. The van der Waals surface area contributed by atoms with E-state index in [9.17, 15) is 4.79 Å². The van der Waals surface area contributed by atoms with Crippen LogP contribution >= 0.6 is 0 Å². The van der Waals surface area contributed by atoms with E-state index >= 15 is 0 Å². The van der Waals surface area contributed by atoms with Gasteiger partial charge >= 0.3 is 0 Å². The SMILES string of the molecule is COc1ccc(-c2cnc(N)nc2[C@H]2CCCN(C(=O)C3CCN(C)CC3)C2)cc1. The van der Waals surface area contributed by atoms with Crippen molar-refractivity contribution in [1.29, 1.82) is 0 Å². The van der Waals surface area contributed by atoms with Crippen LogP contribution in [0.2, 0.25) is 0 Å². The van der Waals surface area contributed by atoms with E-state index in [1.165, 1.54) is 0 Å². The lowest BCUT2D eigenvalue weighted by Gasteiger charge is -2.37. The van der Waals surface area contributed by atoms with Gasteiger partial charge in [0.2, 0.25) is 11.9 Å². The summed E-state index contributed by atoms with van der Waals surface area (Å²) in [4.78, 5) is 26.4. The molecule has 7 heteroatoms. The fraction of sp³-hybridized carbons (Fsp3) is 0.522. The molecule has 30 heavy (non-hydrogen) atoms. The van der Waals surface area contributed by atoms with Gasteiger partial charge in [0.15, 0.2) is 0 Å². The van der Waals surface area contributed by atoms with Crippen molar-refractivity contribution in [3.63, 3.8) is 0 Å². The second-order valence-corrected chi connectivity index (χ2v) is 8.46. The number of nitrogens with two attached hydrogens (primary N) is 1. The van der Waals surface area contributed by atoms with Gasteiger partial charge in [-0.3, -0.25) is 4.79 Å². The Balaban J connectivity index is 1.55. The maximum Gasteiger partial charge on any atom is 0.225 e. The van der Waals surface area contributed by atoms with Gasteiger partial charge in [0.25, 0.3) is 0 Å². The molecule has 0 unspecified atom stereocenters. The van der Waals surface area contributed by atoms with E-state index < -0.39 is 0 Å². The van der Waals surface area contributed by atoms with Gasteiger partial charge in [0.05, 0.1) is 12.8 Å². The number of carbonyl (C=O) groups is 1. The molecule has 4 rings (SSSR count). The molecule has 0 saturated carbocycles. The third-order valence-electron chi connectivity index (χ3n) is 6.43. The van der Waals surface area contributed by atoms with E-state index in [-0.39, 0.29) is 17.8 Å². The molecule has 2 aliphatic rings. The van der Waals surface area contributed by atoms with Crippen LogP contribution in [0.15, 0.2) is 30.5 Å². The molecule has 0 bridgehead atoms. The van der Waals surface area contributed by atoms with Crippen LogP contribution in [0.5, 0.6) is 5.75 Å². The summed E-state index contributed by atoms with van der Waals surface area (Å²) in [7, 11) is 3.78. The van der Waals surface area contributed by atoms with Crippen molar-refractivity contribution in [2.45, 2.75) is 31.6 Å². The predicted octanol–water partition coefficient (Wildman–Crippen LogP) is 2.78. The lowest BCUT2D eigenvalue weighted by molar-refractivity contribution is -0.138. The molecule has 2 aromatic rings. The maximum atomic E-state index is 13.2. The monoisotopic (exact) mass is 409 g/mol. The molecule has 2 fully saturated rings. The topological polar surface area (TPSA) is 84.6 Å². The summed E-state index contributed by atoms with van der Waals surface area (Å²) in [5.74, 6) is 1.71. The zero-order chi connectivity index (χ0) is 21.1. The summed E-state index contributed by atoms with van der Waals surface area (Å²) < 4.78 is 5.28. The van der Waals surface area contributed by atoms with Gasteiger partial charge in [-0.05, 0) is 63.5 Å². The molecule has 1 aromatic carbocycles. The van der Waals surface area contributed by atoms with Gasteiger partial charge in [-0.2, -0.15) is 0 Å². The number of amides is 1.